The molecular formula is C22H25ClN6O5. The van der Waals surface area contributed by atoms with Gasteiger partial charge in [-0.05, 0) is 42.1 Å². The minimum atomic E-state index is -0.459. The van der Waals surface area contributed by atoms with Gasteiger partial charge in [0, 0.05) is 25.9 Å². The number of aryl methyl sites for hydroxylation is 2. The van der Waals surface area contributed by atoms with E-state index >= 15 is 0 Å². The fourth-order valence-electron chi connectivity index (χ4n) is 3.72. The first-order chi connectivity index (χ1) is 16.4. The smallest absolute Gasteiger partial charge is 0.332 e. The van der Waals surface area contributed by atoms with Gasteiger partial charge in [-0.1, -0.05) is 24.6 Å². The third-order valence-electron chi connectivity index (χ3n) is 5.46. The number of phenols is 1. The van der Waals surface area contributed by atoms with E-state index in [4.69, 9.17) is 20.9 Å². The van der Waals surface area contributed by atoms with E-state index in [1.807, 2.05) is 6.92 Å². The molecule has 1 aromatic carbocycles. The molecule has 0 atom stereocenters. The van der Waals surface area contributed by atoms with Gasteiger partial charge in [0.25, 0.3) is 5.56 Å². The summed E-state index contributed by atoms with van der Waals surface area (Å²) in [5, 5.41) is 13.8. The summed E-state index contributed by atoms with van der Waals surface area (Å²) in [5.74, 6) is 1.31. The van der Waals surface area contributed by atoms with E-state index in [1.165, 1.54) is 16.2 Å². The van der Waals surface area contributed by atoms with E-state index in [-0.39, 0.29) is 28.7 Å². The van der Waals surface area contributed by atoms with Crippen molar-refractivity contribution in [2.45, 2.75) is 52.1 Å². The molecule has 0 bridgehead atoms. The highest BCUT2D eigenvalue weighted by molar-refractivity contribution is 6.28. The number of aromatic hydroxyl groups is 1. The van der Waals surface area contributed by atoms with Gasteiger partial charge in [-0.2, -0.15) is 9.97 Å². The maximum absolute atomic E-state index is 13.0. The number of ether oxygens (including phenoxy) is 1. The van der Waals surface area contributed by atoms with Crippen LogP contribution in [0.15, 0.2) is 32.3 Å². The predicted octanol–water partition coefficient (Wildman–Crippen LogP) is 2.66. The van der Waals surface area contributed by atoms with Gasteiger partial charge in [0.1, 0.15) is 0 Å². The summed E-state index contributed by atoms with van der Waals surface area (Å²) in [6, 6.07) is 5.00. The molecular weight excluding hydrogens is 464 g/mol. The second-order valence-electron chi connectivity index (χ2n) is 7.86. The second kappa shape index (κ2) is 10.1. The highest BCUT2D eigenvalue weighted by Crippen LogP contribution is 2.27. The highest BCUT2D eigenvalue weighted by Gasteiger charge is 2.17. The number of rotatable bonds is 10. The van der Waals surface area contributed by atoms with Gasteiger partial charge in [-0.15, -0.1) is 0 Å². The van der Waals surface area contributed by atoms with Crippen LogP contribution in [0, 0.1) is 0 Å². The van der Waals surface area contributed by atoms with Crippen molar-refractivity contribution in [2.75, 3.05) is 7.11 Å². The SMILES string of the molecule is CCCCn1c(=O)n(CCCc2nc(Cc3ccc(O)c(OC)c3)no2)c(=O)c2[nH]c(Cl)nc21. The molecule has 12 heteroatoms. The predicted molar refractivity (Wildman–Crippen MR) is 125 cm³/mol. The number of H-pyrrole nitrogens is 1. The van der Waals surface area contributed by atoms with Crippen LogP contribution >= 0.6 is 11.6 Å². The number of imidazole rings is 1. The average Bonchev–Trinajstić information content (AvgIpc) is 3.43. The Morgan fingerprint density at radius 3 is 2.74 bits per heavy atom. The summed E-state index contributed by atoms with van der Waals surface area (Å²) in [5.41, 5.74) is 0.469. The van der Waals surface area contributed by atoms with Gasteiger partial charge in [-0.3, -0.25) is 13.9 Å². The van der Waals surface area contributed by atoms with Crippen LogP contribution in [-0.4, -0.2) is 41.5 Å². The van der Waals surface area contributed by atoms with Gasteiger partial charge in [0.15, 0.2) is 28.5 Å². The zero-order valence-corrected chi connectivity index (χ0v) is 19.6. The monoisotopic (exact) mass is 488 g/mol. The van der Waals surface area contributed by atoms with Crippen LogP contribution in [0.3, 0.4) is 0 Å². The molecule has 0 spiro atoms. The number of aromatic nitrogens is 6. The van der Waals surface area contributed by atoms with E-state index in [0.29, 0.717) is 43.3 Å². The number of methoxy groups -OCH3 is 1. The summed E-state index contributed by atoms with van der Waals surface area (Å²) >= 11 is 5.96. The number of benzene rings is 1. The van der Waals surface area contributed by atoms with Crippen molar-refractivity contribution in [3.8, 4) is 11.5 Å². The molecule has 3 heterocycles. The molecule has 4 aromatic rings. The normalized spacial score (nSPS) is 11.4. The Kier molecular flexibility index (Phi) is 7.01. The lowest BCUT2D eigenvalue weighted by atomic mass is 10.1. The van der Waals surface area contributed by atoms with E-state index in [9.17, 15) is 14.7 Å². The fraction of sp³-hybridized carbons (Fsp3) is 0.409. The second-order valence-corrected chi connectivity index (χ2v) is 8.22. The molecule has 2 N–H and O–H groups in total. The largest absolute Gasteiger partial charge is 0.504 e. The van der Waals surface area contributed by atoms with Crippen molar-refractivity contribution in [2.24, 2.45) is 0 Å². The molecule has 0 aliphatic rings. The maximum atomic E-state index is 13.0. The number of hydrogen-bond donors (Lipinski definition) is 2. The van der Waals surface area contributed by atoms with Gasteiger partial charge >= 0.3 is 5.69 Å². The summed E-state index contributed by atoms with van der Waals surface area (Å²) < 4.78 is 13.1. The minimum Gasteiger partial charge on any atom is -0.504 e. The van der Waals surface area contributed by atoms with Crippen molar-refractivity contribution < 1.29 is 14.4 Å². The van der Waals surface area contributed by atoms with E-state index in [2.05, 4.69) is 20.1 Å². The number of aromatic amines is 1. The Morgan fingerprint density at radius 2 is 1.97 bits per heavy atom. The van der Waals surface area contributed by atoms with Crippen molar-refractivity contribution in [3.05, 3.63) is 61.6 Å². The lowest BCUT2D eigenvalue weighted by molar-refractivity contribution is 0.366. The van der Waals surface area contributed by atoms with Crippen molar-refractivity contribution >= 4 is 22.8 Å². The number of fused-ring (bicyclic) bond motifs is 1. The lowest BCUT2D eigenvalue weighted by Crippen LogP contribution is -2.40. The zero-order chi connectivity index (χ0) is 24.2. The molecule has 0 saturated carbocycles. The first-order valence-electron chi connectivity index (χ1n) is 11.0. The van der Waals surface area contributed by atoms with Crippen LogP contribution in [0.25, 0.3) is 11.2 Å². The van der Waals surface area contributed by atoms with Crippen LogP contribution in [0.5, 0.6) is 11.5 Å². The number of halogens is 1. The zero-order valence-electron chi connectivity index (χ0n) is 18.9. The Morgan fingerprint density at radius 1 is 1.18 bits per heavy atom. The summed E-state index contributed by atoms with van der Waals surface area (Å²) in [6.07, 6.45) is 2.91. The fourth-order valence-corrected chi connectivity index (χ4v) is 3.89. The summed E-state index contributed by atoms with van der Waals surface area (Å²) in [6.45, 7) is 2.65. The molecule has 0 amide bonds. The molecule has 180 valence electrons. The first-order valence-corrected chi connectivity index (χ1v) is 11.3. The number of unbranched alkanes of at least 4 members (excludes halogenated alkanes) is 1. The Balaban J connectivity index is 1.47. The van der Waals surface area contributed by atoms with Gasteiger partial charge in [0.2, 0.25) is 11.2 Å². The summed E-state index contributed by atoms with van der Waals surface area (Å²) in [7, 11) is 1.48. The quantitative estimate of drug-likeness (QED) is 0.324. The van der Waals surface area contributed by atoms with Crippen LogP contribution < -0.4 is 16.0 Å². The molecule has 34 heavy (non-hydrogen) atoms. The number of hydrogen-bond acceptors (Lipinski definition) is 8. The minimum absolute atomic E-state index is 0.0552. The standard InChI is InChI=1S/C22H25ClN6O5/c1-3-4-9-28-19-18(25-21(23)26-19)20(31)29(22(28)32)10-5-6-17-24-16(27-34-17)12-13-7-8-14(30)15(11-13)33-2/h7-8,11,30H,3-6,9-10,12H2,1-2H3,(H,25,26). The molecule has 0 aliphatic carbocycles. The highest BCUT2D eigenvalue weighted by atomic mass is 35.5. The molecule has 11 nitrogen and oxygen atoms in total. The Hall–Kier alpha value is -3.60. The van der Waals surface area contributed by atoms with Crippen molar-refractivity contribution in [1.82, 2.24) is 29.2 Å². The molecule has 4 rings (SSSR count). The topological polar surface area (TPSA) is 141 Å². The molecule has 0 unspecified atom stereocenters. The van der Waals surface area contributed by atoms with Crippen LogP contribution in [-0.2, 0) is 25.9 Å². The van der Waals surface area contributed by atoms with Gasteiger partial charge in [-0.25, -0.2) is 4.79 Å². The number of phenolic OH excluding ortho intramolecular Hbond substituents is 1. The summed E-state index contributed by atoms with van der Waals surface area (Å²) in [4.78, 5) is 37.1. The van der Waals surface area contributed by atoms with Crippen molar-refractivity contribution in [1.29, 1.82) is 0 Å². The van der Waals surface area contributed by atoms with E-state index in [1.54, 1.807) is 18.2 Å². The Bertz CT molecular complexity index is 1420. The van der Waals surface area contributed by atoms with Gasteiger partial charge in [0.05, 0.1) is 7.11 Å². The van der Waals surface area contributed by atoms with Crippen LogP contribution in [0.2, 0.25) is 5.28 Å². The number of nitrogens with zero attached hydrogens (tertiary/aromatic N) is 5. The molecule has 0 radical (unpaired) electrons. The Labute approximate surface area is 199 Å². The maximum Gasteiger partial charge on any atom is 0.332 e. The molecule has 0 aliphatic heterocycles. The average molecular weight is 489 g/mol. The molecule has 0 fully saturated rings. The van der Waals surface area contributed by atoms with E-state index in [0.717, 1.165) is 18.4 Å². The molecule has 0 saturated heterocycles. The lowest BCUT2D eigenvalue weighted by Gasteiger charge is -2.10. The number of nitrogens with one attached hydrogen (secondary N) is 1. The third-order valence-corrected chi connectivity index (χ3v) is 5.64. The van der Waals surface area contributed by atoms with E-state index < -0.39 is 11.2 Å². The third kappa shape index (κ3) is 4.84. The first kappa shape index (κ1) is 23.6. The van der Waals surface area contributed by atoms with Crippen LogP contribution in [0.4, 0.5) is 0 Å². The molecule has 3 aromatic heterocycles. The van der Waals surface area contributed by atoms with Gasteiger partial charge < -0.3 is 19.4 Å². The van der Waals surface area contributed by atoms with Crippen LogP contribution in [0.1, 0.15) is 43.5 Å². The van der Waals surface area contributed by atoms with Crippen molar-refractivity contribution in [3.63, 3.8) is 0 Å².